The molecule has 2 aliphatic heterocycles. The number of carbonyl (C=O) groups is 2. The van der Waals surface area contributed by atoms with Gasteiger partial charge in [-0.25, -0.2) is 9.59 Å². The standard InChI is InChI=1S/C28H32N6O4S2/c35-27(33-15-11-31(12-16-33)25-21-7-1-3-9-23(21)39-29-25)37-19-5-6-20-38-28(36)34-17-13-32(14-18-34)26-22-8-2-4-10-24(22)40-30-26/h1-4,7-10H,5-6,11-20H2. The number of hydrogen-bond acceptors (Lipinski definition) is 10. The number of unbranched alkanes of at least 4 members (excludes halogenated alkanes) is 1. The van der Waals surface area contributed by atoms with E-state index in [1.807, 2.05) is 24.3 Å². The third-order valence-electron chi connectivity index (χ3n) is 7.38. The van der Waals surface area contributed by atoms with Gasteiger partial charge in [-0.15, -0.1) is 0 Å². The summed E-state index contributed by atoms with van der Waals surface area (Å²) in [6.45, 7) is 5.97. The molecule has 0 spiro atoms. The number of fused-ring (bicyclic) bond motifs is 2. The second kappa shape index (κ2) is 12.3. The van der Waals surface area contributed by atoms with E-state index >= 15 is 0 Å². The molecule has 2 aromatic heterocycles. The second-order valence-corrected chi connectivity index (χ2v) is 11.5. The van der Waals surface area contributed by atoms with Crippen LogP contribution in [0.5, 0.6) is 0 Å². The largest absolute Gasteiger partial charge is 0.449 e. The third kappa shape index (κ3) is 5.78. The number of anilines is 2. The van der Waals surface area contributed by atoms with E-state index in [1.165, 1.54) is 32.5 Å². The number of piperazine rings is 2. The Morgan fingerprint density at radius 2 is 1.02 bits per heavy atom. The lowest BCUT2D eigenvalue weighted by molar-refractivity contribution is 0.0861. The molecule has 2 fully saturated rings. The fourth-order valence-electron chi connectivity index (χ4n) is 5.11. The van der Waals surface area contributed by atoms with Gasteiger partial charge in [-0.3, -0.25) is 0 Å². The topological polar surface area (TPSA) is 91.3 Å². The number of aromatic nitrogens is 2. The van der Waals surface area contributed by atoms with Crippen molar-refractivity contribution in [3.8, 4) is 0 Å². The van der Waals surface area contributed by atoms with Crippen LogP contribution in [0.3, 0.4) is 0 Å². The summed E-state index contributed by atoms with van der Waals surface area (Å²) < 4.78 is 22.5. The first-order chi connectivity index (χ1) is 19.7. The Balaban J connectivity index is 0.848. The van der Waals surface area contributed by atoms with E-state index in [-0.39, 0.29) is 12.2 Å². The zero-order valence-corrected chi connectivity index (χ0v) is 23.9. The quantitative estimate of drug-likeness (QED) is 0.285. The molecule has 210 valence electrons. The molecule has 4 aromatic rings. The van der Waals surface area contributed by atoms with E-state index in [1.54, 1.807) is 9.80 Å². The van der Waals surface area contributed by atoms with Crippen molar-refractivity contribution < 1.29 is 19.1 Å². The Hall–Kier alpha value is -3.64. The molecular weight excluding hydrogens is 548 g/mol. The van der Waals surface area contributed by atoms with Crippen molar-refractivity contribution in [2.24, 2.45) is 0 Å². The monoisotopic (exact) mass is 580 g/mol. The smallest absolute Gasteiger partial charge is 0.409 e. The van der Waals surface area contributed by atoms with Crippen molar-refractivity contribution in [3.05, 3.63) is 48.5 Å². The van der Waals surface area contributed by atoms with E-state index in [0.717, 1.165) is 48.6 Å². The summed E-state index contributed by atoms with van der Waals surface area (Å²) in [6, 6.07) is 16.5. The van der Waals surface area contributed by atoms with Gasteiger partial charge in [0, 0.05) is 63.1 Å². The maximum atomic E-state index is 12.5. The number of hydrogen-bond donors (Lipinski definition) is 0. The van der Waals surface area contributed by atoms with E-state index in [2.05, 4.69) is 42.8 Å². The predicted octanol–water partition coefficient (Wildman–Crippen LogP) is 4.90. The summed E-state index contributed by atoms with van der Waals surface area (Å²) in [4.78, 5) is 33.0. The van der Waals surface area contributed by atoms with Crippen LogP contribution in [0, 0.1) is 0 Å². The lowest BCUT2D eigenvalue weighted by Gasteiger charge is -2.34. The maximum Gasteiger partial charge on any atom is 0.409 e. The number of carbonyl (C=O) groups excluding carboxylic acids is 2. The molecule has 2 aliphatic rings. The summed E-state index contributed by atoms with van der Waals surface area (Å²) in [5.41, 5.74) is 0. The number of amides is 2. The highest BCUT2D eigenvalue weighted by atomic mass is 32.1. The van der Waals surface area contributed by atoms with Crippen LogP contribution in [-0.2, 0) is 9.47 Å². The molecule has 0 unspecified atom stereocenters. The van der Waals surface area contributed by atoms with Gasteiger partial charge in [0.15, 0.2) is 0 Å². The number of nitrogens with zero attached hydrogens (tertiary/aromatic N) is 6. The summed E-state index contributed by atoms with van der Waals surface area (Å²) in [6.07, 6.45) is 0.722. The van der Waals surface area contributed by atoms with Crippen molar-refractivity contribution >= 4 is 67.1 Å². The Morgan fingerprint density at radius 3 is 1.45 bits per heavy atom. The molecular formula is C28H32N6O4S2. The zero-order chi connectivity index (χ0) is 27.3. The number of ether oxygens (including phenoxy) is 2. The van der Waals surface area contributed by atoms with Gasteiger partial charge >= 0.3 is 12.2 Å². The molecule has 2 amide bonds. The minimum atomic E-state index is -0.287. The Labute approximate surface area is 241 Å². The molecule has 12 heteroatoms. The second-order valence-electron chi connectivity index (χ2n) is 9.89. The van der Waals surface area contributed by atoms with E-state index in [4.69, 9.17) is 9.47 Å². The Morgan fingerprint density at radius 1 is 0.625 bits per heavy atom. The van der Waals surface area contributed by atoms with Crippen LogP contribution in [-0.4, -0.2) is 96.3 Å². The molecule has 4 heterocycles. The molecule has 2 saturated heterocycles. The van der Waals surface area contributed by atoms with Crippen LogP contribution in [0.1, 0.15) is 12.8 Å². The van der Waals surface area contributed by atoms with Crippen LogP contribution in [0.25, 0.3) is 20.2 Å². The van der Waals surface area contributed by atoms with Crippen molar-refractivity contribution in [3.63, 3.8) is 0 Å². The van der Waals surface area contributed by atoms with E-state index < -0.39 is 0 Å². The minimum absolute atomic E-state index is 0.287. The van der Waals surface area contributed by atoms with Crippen molar-refractivity contribution in [1.82, 2.24) is 18.5 Å². The SMILES string of the molecule is O=C(OCCCCOC(=O)N1CCN(c2nsc3ccccc23)CC1)N1CCN(c2nsc3ccccc23)CC1. The zero-order valence-electron chi connectivity index (χ0n) is 22.2. The van der Waals surface area contributed by atoms with Crippen molar-refractivity contribution in [2.45, 2.75) is 12.8 Å². The van der Waals surface area contributed by atoms with Crippen molar-refractivity contribution in [2.75, 3.05) is 75.4 Å². The van der Waals surface area contributed by atoms with Crippen molar-refractivity contribution in [1.29, 1.82) is 0 Å². The first-order valence-electron chi connectivity index (χ1n) is 13.7. The van der Waals surface area contributed by atoms with Gasteiger partial charge in [-0.05, 0) is 60.2 Å². The summed E-state index contributed by atoms with van der Waals surface area (Å²) in [5.74, 6) is 2.00. The van der Waals surface area contributed by atoms with Crippen LogP contribution >= 0.6 is 23.1 Å². The lowest BCUT2D eigenvalue weighted by Crippen LogP contribution is -2.49. The fourth-order valence-corrected chi connectivity index (χ4v) is 6.70. The van der Waals surface area contributed by atoms with Crippen LogP contribution in [0.2, 0.25) is 0 Å². The highest BCUT2D eigenvalue weighted by molar-refractivity contribution is 7.14. The van der Waals surface area contributed by atoms with Gasteiger partial charge in [0.2, 0.25) is 0 Å². The van der Waals surface area contributed by atoms with Gasteiger partial charge in [-0.1, -0.05) is 24.3 Å². The first kappa shape index (κ1) is 26.6. The maximum absolute atomic E-state index is 12.5. The molecule has 0 bridgehead atoms. The van der Waals surface area contributed by atoms with Crippen LogP contribution in [0.15, 0.2) is 48.5 Å². The minimum Gasteiger partial charge on any atom is -0.449 e. The van der Waals surface area contributed by atoms with Crippen LogP contribution < -0.4 is 9.80 Å². The molecule has 0 radical (unpaired) electrons. The van der Waals surface area contributed by atoms with Gasteiger partial charge in [0.25, 0.3) is 0 Å². The molecule has 2 aromatic carbocycles. The van der Waals surface area contributed by atoms with Gasteiger partial charge < -0.3 is 29.1 Å². The number of rotatable bonds is 7. The average molecular weight is 581 g/mol. The molecule has 0 N–H and O–H groups in total. The normalized spacial score (nSPS) is 16.1. The Bertz CT molecular complexity index is 1350. The molecule has 0 saturated carbocycles. The molecule has 40 heavy (non-hydrogen) atoms. The summed E-state index contributed by atoms with van der Waals surface area (Å²) >= 11 is 3.01. The van der Waals surface area contributed by atoms with E-state index in [0.29, 0.717) is 52.2 Å². The molecule has 6 rings (SSSR count). The fraction of sp³-hybridized carbons (Fsp3) is 0.429. The third-order valence-corrected chi connectivity index (χ3v) is 9.02. The summed E-state index contributed by atoms with van der Waals surface area (Å²) in [5, 5.41) is 2.33. The molecule has 10 nitrogen and oxygen atoms in total. The van der Waals surface area contributed by atoms with Gasteiger partial charge in [-0.2, -0.15) is 8.75 Å². The lowest BCUT2D eigenvalue weighted by atomic mass is 10.2. The highest BCUT2D eigenvalue weighted by Gasteiger charge is 2.26. The predicted molar refractivity (Wildman–Crippen MR) is 159 cm³/mol. The van der Waals surface area contributed by atoms with Gasteiger partial charge in [0.1, 0.15) is 11.6 Å². The number of benzene rings is 2. The first-order valence-corrected chi connectivity index (χ1v) is 15.2. The molecule has 0 aliphatic carbocycles. The highest BCUT2D eigenvalue weighted by Crippen LogP contribution is 2.31. The summed E-state index contributed by atoms with van der Waals surface area (Å²) in [7, 11) is 0. The molecule has 0 atom stereocenters. The van der Waals surface area contributed by atoms with Crippen LogP contribution in [0.4, 0.5) is 21.2 Å². The average Bonchev–Trinajstić information content (AvgIpc) is 3.64. The van der Waals surface area contributed by atoms with E-state index in [9.17, 15) is 9.59 Å². The van der Waals surface area contributed by atoms with Gasteiger partial charge in [0.05, 0.1) is 22.6 Å². The Kier molecular flexibility index (Phi) is 8.14.